The maximum atomic E-state index is 13.8. The number of ether oxygens (including phenoxy) is 2. The van der Waals surface area contributed by atoms with Gasteiger partial charge in [0.2, 0.25) is 0 Å². The quantitative estimate of drug-likeness (QED) is 0.188. The van der Waals surface area contributed by atoms with E-state index in [0.717, 1.165) is 0 Å². The molecule has 0 amide bonds. The molecule has 0 N–H and O–H groups in total. The molecule has 0 aliphatic carbocycles. The first-order chi connectivity index (χ1) is 19.2. The van der Waals surface area contributed by atoms with Gasteiger partial charge in [-0.25, -0.2) is 9.79 Å². The van der Waals surface area contributed by atoms with Crippen LogP contribution in [0, 0.1) is 17.0 Å². The van der Waals surface area contributed by atoms with Crippen molar-refractivity contribution in [1.29, 1.82) is 0 Å². The van der Waals surface area contributed by atoms with Gasteiger partial charge in [0.15, 0.2) is 4.80 Å². The Bertz CT molecular complexity index is 1850. The zero-order valence-corrected chi connectivity index (χ0v) is 23.0. The van der Waals surface area contributed by atoms with E-state index in [4.69, 9.17) is 13.9 Å². The van der Waals surface area contributed by atoms with Gasteiger partial charge in [0, 0.05) is 23.3 Å². The first-order valence-electron chi connectivity index (χ1n) is 12.4. The first-order valence-corrected chi connectivity index (χ1v) is 13.2. The molecule has 4 aromatic rings. The van der Waals surface area contributed by atoms with E-state index in [-0.39, 0.29) is 23.4 Å². The van der Waals surface area contributed by atoms with Crippen LogP contribution >= 0.6 is 11.3 Å². The summed E-state index contributed by atoms with van der Waals surface area (Å²) in [4.78, 5) is 42.7. The summed E-state index contributed by atoms with van der Waals surface area (Å²) in [6, 6.07) is 14.6. The van der Waals surface area contributed by atoms with Crippen molar-refractivity contribution < 1.29 is 23.6 Å². The lowest BCUT2D eigenvalue weighted by Crippen LogP contribution is -2.39. The van der Waals surface area contributed by atoms with Crippen LogP contribution in [-0.2, 0) is 9.53 Å². The molecular weight excluding hydrogens is 534 g/mol. The predicted octanol–water partition coefficient (Wildman–Crippen LogP) is 4.28. The topological polar surface area (TPSA) is 126 Å². The van der Waals surface area contributed by atoms with Crippen LogP contribution in [0.15, 0.2) is 80.1 Å². The molecule has 1 unspecified atom stereocenters. The Labute approximate surface area is 232 Å². The van der Waals surface area contributed by atoms with Crippen LogP contribution in [0.25, 0.3) is 17.4 Å². The SMILES string of the molecule is CCOC(=O)C1=C(C)N=c2sc(=Cc3ccc(-c4ccc(C)c([N+](=O)[O-])c4)o3)c(=O)n2C1c1ccc(OC)cc1. The van der Waals surface area contributed by atoms with Crippen LogP contribution in [0.3, 0.4) is 0 Å². The maximum absolute atomic E-state index is 13.8. The number of methoxy groups -OCH3 is 1. The van der Waals surface area contributed by atoms with Crippen molar-refractivity contribution in [2.24, 2.45) is 4.99 Å². The molecule has 40 heavy (non-hydrogen) atoms. The maximum Gasteiger partial charge on any atom is 0.338 e. The lowest BCUT2D eigenvalue weighted by Gasteiger charge is -2.24. The zero-order chi connectivity index (χ0) is 28.6. The van der Waals surface area contributed by atoms with E-state index in [2.05, 4.69) is 4.99 Å². The molecule has 1 atom stereocenters. The van der Waals surface area contributed by atoms with Crippen LogP contribution < -0.4 is 19.6 Å². The Hall–Kier alpha value is -4.77. The molecule has 2 aromatic carbocycles. The van der Waals surface area contributed by atoms with Gasteiger partial charge in [-0.3, -0.25) is 19.5 Å². The van der Waals surface area contributed by atoms with Crippen molar-refractivity contribution in [3.05, 3.63) is 113 Å². The summed E-state index contributed by atoms with van der Waals surface area (Å²) in [5.74, 6) is 0.924. The third-order valence-electron chi connectivity index (χ3n) is 6.54. The molecule has 204 valence electrons. The van der Waals surface area contributed by atoms with Crippen LogP contribution in [-0.4, -0.2) is 29.2 Å². The number of hydrogen-bond acceptors (Lipinski definition) is 9. The van der Waals surface area contributed by atoms with Crippen LogP contribution in [0.2, 0.25) is 0 Å². The van der Waals surface area contributed by atoms with Crippen LogP contribution in [0.4, 0.5) is 5.69 Å². The largest absolute Gasteiger partial charge is 0.497 e. The number of aryl methyl sites for hydroxylation is 1. The molecule has 0 bridgehead atoms. The number of aromatic nitrogens is 1. The minimum absolute atomic E-state index is 0.00457. The molecule has 1 aliphatic rings. The Morgan fingerprint density at radius 1 is 1.18 bits per heavy atom. The molecule has 2 aromatic heterocycles. The number of carbonyl (C=O) groups excluding carboxylic acids is 1. The summed E-state index contributed by atoms with van der Waals surface area (Å²) < 4.78 is 18.4. The van der Waals surface area contributed by atoms with Gasteiger partial charge < -0.3 is 13.9 Å². The van der Waals surface area contributed by atoms with Crippen molar-refractivity contribution in [3.8, 4) is 17.1 Å². The second-order valence-electron chi connectivity index (χ2n) is 9.04. The number of hydrogen-bond donors (Lipinski definition) is 0. The van der Waals surface area contributed by atoms with E-state index >= 15 is 0 Å². The monoisotopic (exact) mass is 559 g/mol. The molecule has 1 aliphatic heterocycles. The first kappa shape index (κ1) is 26.8. The standard InChI is InChI=1S/C29H25N3O7S/c1-5-38-28(34)25-17(3)30-29-31(26(25)18-8-10-20(37-4)11-9-18)27(33)24(40-29)15-21-12-13-23(39-21)19-7-6-16(2)22(14-19)32(35)36/h6-15,26H,5H2,1-4H3. The highest BCUT2D eigenvalue weighted by Crippen LogP contribution is 2.32. The summed E-state index contributed by atoms with van der Waals surface area (Å²) in [5, 5.41) is 11.4. The van der Waals surface area contributed by atoms with Gasteiger partial charge in [-0.1, -0.05) is 35.6 Å². The van der Waals surface area contributed by atoms with E-state index < -0.39 is 16.9 Å². The van der Waals surface area contributed by atoms with Crippen molar-refractivity contribution in [1.82, 2.24) is 4.57 Å². The summed E-state index contributed by atoms with van der Waals surface area (Å²) in [7, 11) is 1.56. The minimum Gasteiger partial charge on any atom is -0.497 e. The Kier molecular flexibility index (Phi) is 7.22. The predicted molar refractivity (Wildman–Crippen MR) is 149 cm³/mol. The third kappa shape index (κ3) is 4.87. The van der Waals surface area contributed by atoms with Gasteiger partial charge in [-0.15, -0.1) is 0 Å². The van der Waals surface area contributed by atoms with Crippen molar-refractivity contribution in [2.45, 2.75) is 26.8 Å². The average Bonchev–Trinajstić information content (AvgIpc) is 3.52. The highest BCUT2D eigenvalue weighted by molar-refractivity contribution is 7.07. The van der Waals surface area contributed by atoms with E-state index in [0.29, 0.717) is 49.0 Å². The zero-order valence-electron chi connectivity index (χ0n) is 22.2. The van der Waals surface area contributed by atoms with E-state index in [1.807, 2.05) is 0 Å². The number of thiazole rings is 1. The van der Waals surface area contributed by atoms with E-state index in [9.17, 15) is 19.7 Å². The number of benzene rings is 2. The van der Waals surface area contributed by atoms with Gasteiger partial charge in [-0.2, -0.15) is 0 Å². The summed E-state index contributed by atoms with van der Waals surface area (Å²) in [5.41, 5.74) is 2.20. The van der Waals surface area contributed by atoms with Crippen LogP contribution in [0.1, 0.15) is 36.8 Å². The number of furan rings is 1. The molecular formula is C29H25N3O7S. The average molecular weight is 560 g/mol. The molecule has 0 spiro atoms. The number of allylic oxidation sites excluding steroid dienone is 1. The number of rotatable bonds is 7. The number of nitrogens with zero attached hydrogens (tertiary/aromatic N) is 3. The van der Waals surface area contributed by atoms with Crippen molar-refractivity contribution in [3.63, 3.8) is 0 Å². The second-order valence-corrected chi connectivity index (χ2v) is 10.0. The number of fused-ring (bicyclic) bond motifs is 1. The van der Waals surface area contributed by atoms with Gasteiger partial charge >= 0.3 is 5.97 Å². The summed E-state index contributed by atoms with van der Waals surface area (Å²) in [6.07, 6.45) is 1.60. The third-order valence-corrected chi connectivity index (χ3v) is 7.52. The second kappa shape index (κ2) is 10.8. The van der Waals surface area contributed by atoms with Gasteiger partial charge in [-0.05, 0) is 50.6 Å². The molecule has 10 nitrogen and oxygen atoms in total. The number of nitro groups is 1. The van der Waals surface area contributed by atoms with Gasteiger partial charge in [0.1, 0.15) is 17.3 Å². The highest BCUT2D eigenvalue weighted by Gasteiger charge is 2.33. The van der Waals surface area contributed by atoms with Crippen molar-refractivity contribution >= 4 is 29.1 Å². The fourth-order valence-corrected chi connectivity index (χ4v) is 5.59. The Morgan fingerprint density at radius 2 is 1.93 bits per heavy atom. The molecule has 11 heteroatoms. The molecule has 5 rings (SSSR count). The normalized spacial score (nSPS) is 15.0. The Balaban J connectivity index is 1.61. The van der Waals surface area contributed by atoms with Crippen LogP contribution in [0.5, 0.6) is 5.75 Å². The minimum atomic E-state index is -0.747. The molecule has 0 saturated heterocycles. The lowest BCUT2D eigenvalue weighted by molar-refractivity contribution is -0.385. The van der Waals surface area contributed by atoms with E-state index in [1.165, 1.54) is 22.0 Å². The summed E-state index contributed by atoms with van der Waals surface area (Å²) in [6.45, 7) is 5.29. The molecule has 0 radical (unpaired) electrons. The Morgan fingerprint density at radius 3 is 2.60 bits per heavy atom. The fourth-order valence-electron chi connectivity index (χ4n) is 4.57. The molecule has 0 saturated carbocycles. The van der Waals surface area contributed by atoms with Crippen molar-refractivity contribution in [2.75, 3.05) is 13.7 Å². The fraction of sp³-hybridized carbons (Fsp3) is 0.207. The molecule has 3 heterocycles. The highest BCUT2D eigenvalue weighted by atomic mass is 32.1. The van der Waals surface area contributed by atoms with E-state index in [1.54, 1.807) is 82.5 Å². The van der Waals surface area contributed by atoms with Gasteiger partial charge in [0.25, 0.3) is 11.2 Å². The number of nitro benzene ring substituents is 1. The summed E-state index contributed by atoms with van der Waals surface area (Å²) >= 11 is 1.18. The molecule has 0 fully saturated rings. The number of esters is 1. The number of carbonyl (C=O) groups is 1. The lowest BCUT2D eigenvalue weighted by atomic mass is 9.96. The van der Waals surface area contributed by atoms with Gasteiger partial charge in [0.05, 0.1) is 40.5 Å². The smallest absolute Gasteiger partial charge is 0.338 e.